The Bertz CT molecular complexity index is 417. The molecule has 98 valence electrons. The van der Waals surface area contributed by atoms with Crippen LogP contribution in [0.3, 0.4) is 0 Å². The smallest absolute Gasteiger partial charge is 0.224 e. The van der Waals surface area contributed by atoms with E-state index in [-0.39, 0.29) is 5.91 Å². The van der Waals surface area contributed by atoms with Gasteiger partial charge in [0.15, 0.2) is 0 Å². The van der Waals surface area contributed by atoms with Gasteiger partial charge in [0.05, 0.1) is 6.42 Å². The average Bonchev–Trinajstić information content (AvgIpc) is 2.32. The number of amides is 1. The zero-order valence-electron chi connectivity index (χ0n) is 11.0. The quantitative estimate of drug-likeness (QED) is 0.805. The lowest BCUT2D eigenvalue weighted by Crippen LogP contribution is -2.38. The highest BCUT2D eigenvalue weighted by Gasteiger charge is 2.20. The SMILES string of the molecule is CC1CCCC(NC(=O)Cc2ccccc2N)C1. The molecule has 1 aliphatic rings. The lowest BCUT2D eigenvalue weighted by molar-refractivity contribution is -0.121. The van der Waals surface area contributed by atoms with E-state index in [1.807, 2.05) is 24.3 Å². The first kappa shape index (κ1) is 12.9. The minimum Gasteiger partial charge on any atom is -0.398 e. The van der Waals surface area contributed by atoms with E-state index in [9.17, 15) is 4.79 Å². The Morgan fingerprint density at radius 3 is 2.89 bits per heavy atom. The molecule has 2 unspecified atom stereocenters. The van der Waals surface area contributed by atoms with Crippen LogP contribution >= 0.6 is 0 Å². The van der Waals surface area contributed by atoms with Crippen molar-refractivity contribution < 1.29 is 4.79 Å². The van der Waals surface area contributed by atoms with Gasteiger partial charge >= 0.3 is 0 Å². The van der Waals surface area contributed by atoms with Crippen LogP contribution in [0.1, 0.15) is 38.2 Å². The Morgan fingerprint density at radius 1 is 1.39 bits per heavy atom. The second-order valence-electron chi connectivity index (χ2n) is 5.41. The fourth-order valence-electron chi connectivity index (χ4n) is 2.71. The molecule has 0 bridgehead atoms. The van der Waals surface area contributed by atoms with Crippen molar-refractivity contribution in [3.63, 3.8) is 0 Å². The van der Waals surface area contributed by atoms with Crippen molar-refractivity contribution in [1.29, 1.82) is 0 Å². The van der Waals surface area contributed by atoms with Crippen molar-refractivity contribution in [2.75, 3.05) is 5.73 Å². The summed E-state index contributed by atoms with van der Waals surface area (Å²) in [6, 6.07) is 7.91. The molecule has 0 saturated heterocycles. The molecule has 3 nitrogen and oxygen atoms in total. The van der Waals surface area contributed by atoms with Gasteiger partial charge in [-0.1, -0.05) is 38.0 Å². The Labute approximate surface area is 109 Å². The van der Waals surface area contributed by atoms with E-state index in [1.54, 1.807) is 0 Å². The summed E-state index contributed by atoms with van der Waals surface area (Å²) >= 11 is 0. The molecular weight excluding hydrogens is 224 g/mol. The van der Waals surface area contributed by atoms with Crippen LogP contribution in [0, 0.1) is 5.92 Å². The molecule has 18 heavy (non-hydrogen) atoms. The Hall–Kier alpha value is -1.51. The normalized spacial score (nSPS) is 23.6. The molecule has 0 radical (unpaired) electrons. The van der Waals surface area contributed by atoms with Crippen LogP contribution in [0.15, 0.2) is 24.3 Å². The Kier molecular flexibility index (Phi) is 4.24. The monoisotopic (exact) mass is 246 g/mol. The highest BCUT2D eigenvalue weighted by Crippen LogP contribution is 2.23. The number of carbonyl (C=O) groups is 1. The van der Waals surface area contributed by atoms with Crippen LogP contribution in [0.2, 0.25) is 0 Å². The third-order valence-electron chi connectivity index (χ3n) is 3.71. The van der Waals surface area contributed by atoms with E-state index >= 15 is 0 Å². The number of nitrogen functional groups attached to an aromatic ring is 1. The van der Waals surface area contributed by atoms with Crippen molar-refractivity contribution in [1.82, 2.24) is 5.32 Å². The van der Waals surface area contributed by atoms with Gasteiger partial charge < -0.3 is 11.1 Å². The van der Waals surface area contributed by atoms with Gasteiger partial charge in [-0.25, -0.2) is 0 Å². The van der Waals surface area contributed by atoms with Gasteiger partial charge in [0, 0.05) is 11.7 Å². The van der Waals surface area contributed by atoms with Gasteiger partial charge in [-0.2, -0.15) is 0 Å². The standard InChI is InChI=1S/C15H22N2O/c1-11-5-4-7-13(9-11)17-15(18)10-12-6-2-3-8-14(12)16/h2-3,6,8,11,13H,4-5,7,9-10,16H2,1H3,(H,17,18). The predicted octanol–water partition coefficient (Wildman–Crippen LogP) is 2.51. The molecule has 1 amide bonds. The molecular formula is C15H22N2O. The highest BCUT2D eigenvalue weighted by molar-refractivity contribution is 5.80. The number of hydrogen-bond donors (Lipinski definition) is 2. The van der Waals surface area contributed by atoms with Gasteiger partial charge in [-0.3, -0.25) is 4.79 Å². The number of carbonyl (C=O) groups excluding carboxylic acids is 1. The predicted molar refractivity (Wildman–Crippen MR) is 74.1 cm³/mol. The number of nitrogens with two attached hydrogens (primary N) is 1. The number of para-hydroxylation sites is 1. The maximum atomic E-state index is 12.0. The van der Waals surface area contributed by atoms with Crippen LogP contribution in [0.5, 0.6) is 0 Å². The molecule has 3 heteroatoms. The van der Waals surface area contributed by atoms with Gasteiger partial charge in [0.1, 0.15) is 0 Å². The molecule has 2 rings (SSSR count). The second kappa shape index (κ2) is 5.89. The van der Waals surface area contributed by atoms with Gasteiger partial charge in [-0.15, -0.1) is 0 Å². The van der Waals surface area contributed by atoms with E-state index in [0.29, 0.717) is 18.2 Å². The molecule has 0 aliphatic heterocycles. The average molecular weight is 246 g/mol. The zero-order chi connectivity index (χ0) is 13.0. The van der Waals surface area contributed by atoms with E-state index in [4.69, 9.17) is 5.73 Å². The molecule has 1 fully saturated rings. The summed E-state index contributed by atoms with van der Waals surface area (Å²) in [4.78, 5) is 12.0. The topological polar surface area (TPSA) is 55.1 Å². The Balaban J connectivity index is 1.87. The maximum absolute atomic E-state index is 12.0. The first-order valence-electron chi connectivity index (χ1n) is 6.78. The van der Waals surface area contributed by atoms with E-state index in [0.717, 1.165) is 24.3 Å². The summed E-state index contributed by atoms with van der Waals surface area (Å²) in [6.07, 6.45) is 5.12. The van der Waals surface area contributed by atoms with E-state index in [2.05, 4.69) is 12.2 Å². The molecule has 2 atom stereocenters. The molecule has 1 aromatic carbocycles. The molecule has 1 aliphatic carbocycles. The summed E-state index contributed by atoms with van der Waals surface area (Å²) in [5.74, 6) is 0.817. The third-order valence-corrected chi connectivity index (χ3v) is 3.71. The minimum absolute atomic E-state index is 0.0898. The fourth-order valence-corrected chi connectivity index (χ4v) is 2.71. The largest absolute Gasteiger partial charge is 0.398 e. The first-order chi connectivity index (χ1) is 8.65. The number of rotatable bonds is 3. The molecule has 0 aromatic heterocycles. The lowest BCUT2D eigenvalue weighted by atomic mass is 9.87. The van der Waals surface area contributed by atoms with Crippen molar-refractivity contribution in [3.8, 4) is 0 Å². The molecule has 0 heterocycles. The number of hydrogen-bond acceptors (Lipinski definition) is 2. The molecule has 1 saturated carbocycles. The third kappa shape index (κ3) is 3.49. The molecule has 1 aromatic rings. The lowest BCUT2D eigenvalue weighted by Gasteiger charge is -2.27. The summed E-state index contributed by atoms with van der Waals surface area (Å²) in [5.41, 5.74) is 7.46. The maximum Gasteiger partial charge on any atom is 0.224 e. The molecule has 0 spiro atoms. The van der Waals surface area contributed by atoms with Gasteiger partial charge in [-0.05, 0) is 30.4 Å². The summed E-state index contributed by atoms with van der Waals surface area (Å²) in [7, 11) is 0. The molecule has 3 N–H and O–H groups in total. The number of anilines is 1. The van der Waals surface area contributed by atoms with Crippen molar-refractivity contribution >= 4 is 11.6 Å². The van der Waals surface area contributed by atoms with Crippen molar-refractivity contribution in [2.24, 2.45) is 5.92 Å². The van der Waals surface area contributed by atoms with Crippen LogP contribution in [0.4, 0.5) is 5.69 Å². The summed E-state index contributed by atoms with van der Waals surface area (Å²) in [6.45, 7) is 2.26. The number of nitrogens with one attached hydrogen (secondary N) is 1. The minimum atomic E-state index is 0.0898. The van der Waals surface area contributed by atoms with Crippen LogP contribution in [-0.4, -0.2) is 11.9 Å². The first-order valence-corrected chi connectivity index (χ1v) is 6.78. The van der Waals surface area contributed by atoms with Crippen LogP contribution in [-0.2, 0) is 11.2 Å². The van der Waals surface area contributed by atoms with Crippen molar-refractivity contribution in [2.45, 2.75) is 45.1 Å². The van der Waals surface area contributed by atoms with Gasteiger partial charge in [0.25, 0.3) is 0 Å². The zero-order valence-corrected chi connectivity index (χ0v) is 11.0. The highest BCUT2D eigenvalue weighted by atomic mass is 16.1. The van der Waals surface area contributed by atoms with Gasteiger partial charge in [0.2, 0.25) is 5.91 Å². The Morgan fingerprint density at radius 2 is 2.17 bits per heavy atom. The fraction of sp³-hybridized carbons (Fsp3) is 0.533. The van der Waals surface area contributed by atoms with Crippen LogP contribution < -0.4 is 11.1 Å². The summed E-state index contributed by atoms with van der Waals surface area (Å²) < 4.78 is 0. The summed E-state index contributed by atoms with van der Waals surface area (Å²) in [5, 5.41) is 3.13. The van der Waals surface area contributed by atoms with E-state index in [1.165, 1.54) is 12.8 Å². The van der Waals surface area contributed by atoms with Crippen LogP contribution in [0.25, 0.3) is 0 Å². The van der Waals surface area contributed by atoms with Crippen molar-refractivity contribution in [3.05, 3.63) is 29.8 Å². The number of benzene rings is 1. The van der Waals surface area contributed by atoms with E-state index < -0.39 is 0 Å². The second-order valence-corrected chi connectivity index (χ2v) is 5.41.